The Kier molecular flexibility index (Phi) is 7.53. The molecule has 0 saturated heterocycles. The lowest BCUT2D eigenvalue weighted by Crippen LogP contribution is -2.00. The van der Waals surface area contributed by atoms with Crippen LogP contribution in [0.4, 0.5) is 0 Å². The maximum absolute atomic E-state index is 9.41. The van der Waals surface area contributed by atoms with Crippen molar-refractivity contribution in [1.29, 1.82) is 5.26 Å². The minimum atomic E-state index is 0.575. The number of rotatable bonds is 5. The van der Waals surface area contributed by atoms with Crippen LogP contribution in [0, 0.1) is 11.3 Å². The normalized spacial score (nSPS) is 11.7. The summed E-state index contributed by atoms with van der Waals surface area (Å²) in [5, 5.41) is 24.0. The fourth-order valence-electron chi connectivity index (χ4n) is 9.10. The smallest absolute Gasteiger partial charge is 0.164 e. The van der Waals surface area contributed by atoms with Crippen LogP contribution in [-0.2, 0) is 0 Å². The van der Waals surface area contributed by atoms with Gasteiger partial charge in [-0.1, -0.05) is 140 Å². The van der Waals surface area contributed by atoms with E-state index in [4.69, 9.17) is 15.0 Å². The van der Waals surface area contributed by atoms with Crippen molar-refractivity contribution in [3.63, 3.8) is 0 Å². The lowest BCUT2D eigenvalue weighted by molar-refractivity contribution is 1.07. The van der Waals surface area contributed by atoms with Crippen molar-refractivity contribution in [2.75, 3.05) is 0 Å². The van der Waals surface area contributed by atoms with Gasteiger partial charge in [-0.05, 0) is 123 Å². The largest absolute Gasteiger partial charge is 0.264 e. The van der Waals surface area contributed by atoms with E-state index in [1.807, 2.05) is 48.7 Å². The highest BCUT2D eigenvalue weighted by molar-refractivity contribution is 6.37. The fraction of sp³-hybridized carbons (Fsp3) is 0. The Morgan fingerprint density at radius 3 is 1.43 bits per heavy atom. The highest BCUT2D eigenvalue weighted by Gasteiger charge is 2.19. The second kappa shape index (κ2) is 13.4. The Bertz CT molecular complexity index is 3700. The standard InChI is InChI=1S/C55H31N5/c56-31-33-15-17-34(18-16-33)40-9-1-10-42(28-40)54-58-53(39-24-19-35(20-25-39)43-11-5-27-57-32-43)59-55(60-54)44-29-41-26-23-38-7-3-13-46-45-12-2-6-36-21-22-37-8-4-14-47(51(37)49(36)45)48(30-44)52(41)50(38)46/h1-30,32H. The third-order valence-electron chi connectivity index (χ3n) is 11.9. The molecule has 0 radical (unpaired) electrons. The number of hydrogen-bond donors (Lipinski definition) is 0. The maximum atomic E-state index is 9.41. The van der Waals surface area contributed by atoms with E-state index >= 15 is 0 Å². The quantitative estimate of drug-likeness (QED) is 0.163. The van der Waals surface area contributed by atoms with Crippen molar-refractivity contribution in [1.82, 2.24) is 19.9 Å². The molecule has 0 amide bonds. The maximum Gasteiger partial charge on any atom is 0.164 e. The molecule has 60 heavy (non-hydrogen) atoms. The summed E-state index contributed by atoms with van der Waals surface area (Å²) < 4.78 is 0. The number of aromatic nitrogens is 4. The van der Waals surface area contributed by atoms with Crippen molar-refractivity contribution in [3.8, 4) is 62.5 Å². The predicted octanol–water partition coefficient (Wildman–Crippen LogP) is 13.8. The average molecular weight is 762 g/mol. The summed E-state index contributed by atoms with van der Waals surface area (Å²) >= 11 is 0. The molecule has 10 aromatic carbocycles. The van der Waals surface area contributed by atoms with Gasteiger partial charge in [0.15, 0.2) is 17.5 Å². The van der Waals surface area contributed by atoms with Gasteiger partial charge in [0, 0.05) is 29.1 Å². The Morgan fingerprint density at radius 1 is 0.333 bits per heavy atom. The van der Waals surface area contributed by atoms with Crippen LogP contribution < -0.4 is 0 Å². The highest BCUT2D eigenvalue weighted by atomic mass is 15.0. The van der Waals surface area contributed by atoms with Crippen molar-refractivity contribution >= 4 is 64.6 Å². The first-order chi connectivity index (χ1) is 29.7. The minimum absolute atomic E-state index is 0.575. The molecule has 0 aliphatic rings. The second-order valence-electron chi connectivity index (χ2n) is 15.4. The van der Waals surface area contributed by atoms with Crippen LogP contribution in [0.25, 0.3) is 121 Å². The van der Waals surface area contributed by atoms with Crippen molar-refractivity contribution < 1.29 is 0 Å². The predicted molar refractivity (Wildman–Crippen MR) is 246 cm³/mol. The van der Waals surface area contributed by atoms with E-state index in [0.717, 1.165) is 49.7 Å². The number of hydrogen-bond acceptors (Lipinski definition) is 5. The Morgan fingerprint density at radius 2 is 0.817 bits per heavy atom. The monoisotopic (exact) mass is 761 g/mol. The van der Waals surface area contributed by atoms with Gasteiger partial charge in [-0.2, -0.15) is 5.26 Å². The van der Waals surface area contributed by atoms with Gasteiger partial charge in [0.1, 0.15) is 0 Å². The molecular formula is C55H31N5. The molecule has 276 valence electrons. The van der Waals surface area contributed by atoms with Crippen LogP contribution in [0.3, 0.4) is 0 Å². The molecule has 0 bridgehead atoms. The van der Waals surface area contributed by atoms with Gasteiger partial charge in [-0.25, -0.2) is 15.0 Å². The minimum Gasteiger partial charge on any atom is -0.264 e. The molecule has 0 aliphatic heterocycles. The Labute approximate surface area is 344 Å². The molecule has 2 heterocycles. The highest BCUT2D eigenvalue weighted by Crippen LogP contribution is 2.44. The first-order valence-electron chi connectivity index (χ1n) is 20.0. The average Bonchev–Trinajstić information content (AvgIpc) is 3.32. The summed E-state index contributed by atoms with van der Waals surface area (Å²) in [6, 6.07) is 64.0. The van der Waals surface area contributed by atoms with Crippen LogP contribution in [-0.4, -0.2) is 19.9 Å². The summed E-state index contributed by atoms with van der Waals surface area (Å²) in [6.07, 6.45) is 3.66. The van der Waals surface area contributed by atoms with E-state index in [2.05, 4.69) is 145 Å². The van der Waals surface area contributed by atoms with E-state index in [9.17, 15) is 5.26 Å². The number of fused-ring (bicyclic) bond motifs is 2. The Hall–Kier alpha value is -8.33. The molecule has 12 aromatic rings. The Balaban J connectivity index is 1.13. The van der Waals surface area contributed by atoms with Gasteiger partial charge in [0.25, 0.3) is 0 Å². The zero-order valence-corrected chi connectivity index (χ0v) is 32.1. The summed E-state index contributed by atoms with van der Waals surface area (Å²) in [7, 11) is 0. The molecule has 0 fully saturated rings. The van der Waals surface area contributed by atoms with Gasteiger partial charge >= 0.3 is 0 Å². The molecule has 5 heteroatoms. The topological polar surface area (TPSA) is 75.3 Å². The summed E-state index contributed by atoms with van der Waals surface area (Å²) in [5.74, 6) is 1.75. The molecule has 0 spiro atoms. The van der Waals surface area contributed by atoms with Crippen molar-refractivity contribution in [2.45, 2.75) is 0 Å². The zero-order chi connectivity index (χ0) is 39.7. The molecule has 0 saturated carbocycles. The molecule has 0 unspecified atom stereocenters. The third-order valence-corrected chi connectivity index (χ3v) is 11.9. The summed E-state index contributed by atoms with van der Waals surface area (Å²) in [4.78, 5) is 20.0. The van der Waals surface area contributed by atoms with Crippen LogP contribution >= 0.6 is 0 Å². The van der Waals surface area contributed by atoms with Crippen LogP contribution in [0.15, 0.2) is 188 Å². The first kappa shape index (κ1) is 33.8. The van der Waals surface area contributed by atoms with E-state index in [1.165, 1.54) is 53.9 Å². The van der Waals surface area contributed by atoms with Crippen molar-refractivity contribution in [3.05, 3.63) is 194 Å². The van der Waals surface area contributed by atoms with Crippen molar-refractivity contribution in [2.24, 2.45) is 0 Å². The lowest BCUT2D eigenvalue weighted by Gasteiger charge is -2.17. The zero-order valence-electron chi connectivity index (χ0n) is 32.1. The summed E-state index contributed by atoms with van der Waals surface area (Å²) in [5.41, 5.74) is 7.41. The SMILES string of the molecule is N#Cc1ccc(-c2cccc(-c3nc(-c4ccc(-c5cccnc5)cc4)nc(-c4cc5ccc6cccc7c8cccc9ccc%10cccc(c(c4)c5c67)c%10c98)n3)c2)cc1. The molecular weight excluding hydrogens is 731 g/mol. The van der Waals surface area contributed by atoms with Gasteiger partial charge in [0.05, 0.1) is 11.6 Å². The number of nitrogens with zero attached hydrogens (tertiary/aromatic N) is 5. The lowest BCUT2D eigenvalue weighted by atomic mass is 9.87. The van der Waals surface area contributed by atoms with Crippen LogP contribution in [0.1, 0.15) is 5.56 Å². The molecule has 5 nitrogen and oxygen atoms in total. The summed E-state index contributed by atoms with van der Waals surface area (Å²) in [6.45, 7) is 0. The van der Waals surface area contributed by atoms with E-state index in [0.29, 0.717) is 23.0 Å². The molecule has 0 aliphatic carbocycles. The van der Waals surface area contributed by atoms with E-state index in [1.54, 1.807) is 6.20 Å². The van der Waals surface area contributed by atoms with Crippen LogP contribution in [0.2, 0.25) is 0 Å². The van der Waals surface area contributed by atoms with Gasteiger partial charge in [0.2, 0.25) is 0 Å². The third kappa shape index (κ3) is 5.40. The molecule has 0 N–H and O–H groups in total. The van der Waals surface area contributed by atoms with Gasteiger partial charge in [-0.15, -0.1) is 0 Å². The van der Waals surface area contributed by atoms with E-state index < -0.39 is 0 Å². The van der Waals surface area contributed by atoms with Gasteiger partial charge < -0.3 is 0 Å². The van der Waals surface area contributed by atoms with Crippen LogP contribution in [0.5, 0.6) is 0 Å². The molecule has 0 atom stereocenters. The fourth-order valence-corrected chi connectivity index (χ4v) is 9.10. The second-order valence-corrected chi connectivity index (χ2v) is 15.4. The number of benzene rings is 9. The molecule has 12 rings (SSSR count). The van der Waals surface area contributed by atoms with E-state index in [-0.39, 0.29) is 0 Å². The molecule has 2 aromatic heterocycles. The van der Waals surface area contributed by atoms with Gasteiger partial charge in [-0.3, -0.25) is 4.98 Å². The first-order valence-corrected chi connectivity index (χ1v) is 20.0. The number of nitriles is 1. The number of pyridine rings is 1.